The molecule has 2 aliphatic heterocycles. The molecule has 9 nitrogen and oxygen atoms in total. The Morgan fingerprint density at radius 3 is 2.91 bits per heavy atom. The van der Waals surface area contributed by atoms with Crippen molar-refractivity contribution in [3.8, 4) is 17.0 Å². The lowest BCUT2D eigenvalue weighted by atomic mass is 9.96. The van der Waals surface area contributed by atoms with Gasteiger partial charge >= 0.3 is 0 Å². The first-order chi connectivity index (χ1) is 20.9. The van der Waals surface area contributed by atoms with Crippen LogP contribution in [0, 0.1) is 5.92 Å². The Hall–Kier alpha value is -4.21. The number of likely N-dealkylation sites (tertiary alicyclic amines) is 1. The number of carbonyl (C=O) groups is 1. The van der Waals surface area contributed by atoms with Crippen molar-refractivity contribution >= 4 is 23.2 Å². The van der Waals surface area contributed by atoms with Crippen LogP contribution < -0.4 is 15.4 Å². The minimum absolute atomic E-state index is 0.109. The fourth-order valence-electron chi connectivity index (χ4n) is 5.23. The van der Waals surface area contributed by atoms with Gasteiger partial charge in [0.25, 0.3) is 0 Å². The number of hydrogen-bond donors (Lipinski definition) is 2. The summed E-state index contributed by atoms with van der Waals surface area (Å²) in [5.74, 6) is 2.00. The highest BCUT2D eigenvalue weighted by Crippen LogP contribution is 2.27. The molecule has 1 fully saturated rings. The second-order valence-electron chi connectivity index (χ2n) is 11.6. The summed E-state index contributed by atoms with van der Waals surface area (Å²) in [6.07, 6.45) is 11.6. The molecule has 0 spiro atoms. The molecule has 2 aliphatic rings. The van der Waals surface area contributed by atoms with Crippen LogP contribution in [0.15, 0.2) is 79.0 Å². The number of rotatable bonds is 7. The average molecular weight is 582 g/mol. The first-order valence-corrected chi connectivity index (χ1v) is 15.1. The number of carbonyl (C=O) groups excluding carboxylic acids is 1. The van der Waals surface area contributed by atoms with Crippen molar-refractivity contribution < 1.29 is 9.53 Å². The van der Waals surface area contributed by atoms with E-state index in [4.69, 9.17) is 9.72 Å². The average Bonchev–Trinajstić information content (AvgIpc) is 2.95. The third kappa shape index (κ3) is 9.14. The Balaban J connectivity index is 1.26. The molecule has 0 aliphatic carbocycles. The summed E-state index contributed by atoms with van der Waals surface area (Å²) in [6.45, 7) is 5.53. The highest BCUT2D eigenvalue weighted by molar-refractivity contribution is 5.88. The number of benzene rings is 2. The molecule has 1 aromatic heterocycles. The lowest BCUT2D eigenvalue weighted by Gasteiger charge is -2.39. The molecular formula is C34H43N7O2. The van der Waals surface area contributed by atoms with Crippen molar-refractivity contribution in [2.24, 2.45) is 5.92 Å². The SMILES string of the molecule is CN(C)C/C=C/C(=O)N1CC(CCNc2cc3cc(c2)Nc2nccc(n2)-c2cccc(c2)OCC/C=C/CN(C)C3)C1. The first-order valence-electron chi connectivity index (χ1n) is 15.1. The fourth-order valence-corrected chi connectivity index (χ4v) is 5.23. The molecule has 1 amide bonds. The lowest BCUT2D eigenvalue weighted by molar-refractivity contribution is -0.132. The number of nitrogens with one attached hydrogen (secondary N) is 2. The summed E-state index contributed by atoms with van der Waals surface area (Å²) < 4.78 is 5.98. The Bertz CT molecular complexity index is 1430. The van der Waals surface area contributed by atoms with Crippen molar-refractivity contribution in [3.63, 3.8) is 0 Å². The highest BCUT2D eigenvalue weighted by atomic mass is 16.5. The first kappa shape index (κ1) is 30.3. The van der Waals surface area contributed by atoms with E-state index < -0.39 is 0 Å². The van der Waals surface area contributed by atoms with Crippen LogP contribution in [0.3, 0.4) is 0 Å². The molecule has 9 heteroatoms. The molecule has 5 rings (SSSR count). The third-order valence-electron chi connectivity index (χ3n) is 7.51. The molecule has 0 unspecified atom stereocenters. The van der Waals surface area contributed by atoms with Gasteiger partial charge in [0, 0.05) is 68.5 Å². The van der Waals surface area contributed by atoms with Crippen LogP contribution in [-0.4, -0.2) is 91.0 Å². The number of fused-ring (bicyclic) bond motifs is 7. The molecule has 0 atom stereocenters. The van der Waals surface area contributed by atoms with Gasteiger partial charge in [-0.1, -0.05) is 30.4 Å². The van der Waals surface area contributed by atoms with Crippen LogP contribution in [0.5, 0.6) is 5.75 Å². The van der Waals surface area contributed by atoms with Crippen molar-refractivity contribution in [1.29, 1.82) is 0 Å². The van der Waals surface area contributed by atoms with Crippen LogP contribution >= 0.6 is 0 Å². The number of amides is 1. The van der Waals surface area contributed by atoms with E-state index in [1.165, 1.54) is 5.56 Å². The highest BCUT2D eigenvalue weighted by Gasteiger charge is 2.28. The van der Waals surface area contributed by atoms with Crippen molar-refractivity contribution in [2.75, 3.05) is 71.1 Å². The number of anilines is 3. The molecular weight excluding hydrogens is 538 g/mol. The maximum atomic E-state index is 12.3. The molecule has 0 saturated carbocycles. The number of ether oxygens (including phenoxy) is 1. The number of aromatic nitrogens is 2. The molecule has 3 aromatic rings. The van der Waals surface area contributed by atoms with E-state index in [2.05, 4.69) is 57.9 Å². The van der Waals surface area contributed by atoms with Crippen LogP contribution in [0.2, 0.25) is 0 Å². The summed E-state index contributed by atoms with van der Waals surface area (Å²) in [5.41, 5.74) is 5.00. The van der Waals surface area contributed by atoms with Gasteiger partial charge in [0.15, 0.2) is 0 Å². The smallest absolute Gasteiger partial charge is 0.246 e. The van der Waals surface area contributed by atoms with Crippen LogP contribution in [0.4, 0.5) is 17.3 Å². The van der Waals surface area contributed by atoms with Crippen molar-refractivity contribution in [3.05, 3.63) is 84.6 Å². The molecule has 226 valence electrons. The summed E-state index contributed by atoms with van der Waals surface area (Å²) in [4.78, 5) is 27.9. The summed E-state index contributed by atoms with van der Waals surface area (Å²) >= 11 is 0. The van der Waals surface area contributed by atoms with Crippen LogP contribution in [0.25, 0.3) is 11.3 Å². The topological polar surface area (TPSA) is 85.9 Å². The van der Waals surface area contributed by atoms with Gasteiger partial charge in [-0.2, -0.15) is 0 Å². The zero-order valence-corrected chi connectivity index (χ0v) is 25.5. The normalized spacial score (nSPS) is 17.0. The molecule has 43 heavy (non-hydrogen) atoms. The second kappa shape index (κ2) is 14.8. The molecule has 3 heterocycles. The Labute approximate surface area is 255 Å². The fraction of sp³-hybridized carbons (Fsp3) is 0.382. The molecule has 0 radical (unpaired) electrons. The maximum Gasteiger partial charge on any atom is 0.246 e. The number of likely N-dealkylation sites (N-methyl/N-ethyl adjacent to an activating group) is 2. The van der Waals surface area contributed by atoms with Gasteiger partial charge in [-0.15, -0.1) is 0 Å². The molecule has 1 saturated heterocycles. The predicted octanol–water partition coefficient (Wildman–Crippen LogP) is 5.04. The monoisotopic (exact) mass is 581 g/mol. The van der Waals surface area contributed by atoms with Crippen molar-refractivity contribution in [1.82, 2.24) is 24.7 Å². The predicted molar refractivity (Wildman–Crippen MR) is 174 cm³/mol. The van der Waals surface area contributed by atoms with E-state index in [9.17, 15) is 4.79 Å². The zero-order valence-electron chi connectivity index (χ0n) is 25.5. The zero-order chi connectivity index (χ0) is 30.0. The van der Waals surface area contributed by atoms with E-state index in [1.54, 1.807) is 12.3 Å². The standard InChI is InChI=1S/C34H43N7O2/c1-39(2)16-8-11-33(42)41-24-26(25-41)12-14-35-29-19-27-20-30(22-29)37-34-36-15-13-32(38-34)28-9-7-10-31(21-28)43-18-6-4-5-17-40(3)23-27/h4-5,7-11,13,15,19-22,26,35H,6,12,14,16-18,23-25H2,1-3H3,(H,36,37,38)/b5-4+,11-8+. The largest absolute Gasteiger partial charge is 0.493 e. The number of hydrogen-bond acceptors (Lipinski definition) is 8. The van der Waals surface area contributed by atoms with Gasteiger partial charge in [0.05, 0.1) is 12.3 Å². The van der Waals surface area contributed by atoms with Gasteiger partial charge in [-0.3, -0.25) is 9.69 Å². The Morgan fingerprint density at radius 1 is 1.16 bits per heavy atom. The number of nitrogens with zero attached hydrogens (tertiary/aromatic N) is 5. The Morgan fingerprint density at radius 2 is 2.05 bits per heavy atom. The van der Waals surface area contributed by atoms with Gasteiger partial charge in [-0.05, 0) is 81.9 Å². The lowest BCUT2D eigenvalue weighted by Crippen LogP contribution is -2.49. The van der Waals surface area contributed by atoms with E-state index >= 15 is 0 Å². The van der Waals surface area contributed by atoms with E-state index in [-0.39, 0.29) is 5.91 Å². The van der Waals surface area contributed by atoms with Gasteiger partial charge in [0.2, 0.25) is 11.9 Å². The maximum absolute atomic E-state index is 12.3. The minimum Gasteiger partial charge on any atom is -0.493 e. The van der Waals surface area contributed by atoms with Crippen LogP contribution in [0.1, 0.15) is 18.4 Å². The van der Waals surface area contributed by atoms with E-state index in [0.29, 0.717) is 18.5 Å². The summed E-state index contributed by atoms with van der Waals surface area (Å²) in [5, 5.41) is 7.06. The van der Waals surface area contributed by atoms with E-state index in [1.807, 2.05) is 60.3 Å². The van der Waals surface area contributed by atoms with Gasteiger partial charge in [0.1, 0.15) is 5.75 Å². The molecule has 6 bridgehead atoms. The summed E-state index contributed by atoms with van der Waals surface area (Å²) in [7, 11) is 6.12. The second-order valence-corrected chi connectivity index (χ2v) is 11.6. The summed E-state index contributed by atoms with van der Waals surface area (Å²) in [6, 6.07) is 16.4. The third-order valence-corrected chi connectivity index (χ3v) is 7.51. The molecule has 2 aromatic carbocycles. The minimum atomic E-state index is 0.109. The van der Waals surface area contributed by atoms with E-state index in [0.717, 1.165) is 80.5 Å². The quantitative estimate of drug-likeness (QED) is 0.297. The van der Waals surface area contributed by atoms with Gasteiger partial charge in [-0.25, -0.2) is 9.97 Å². The van der Waals surface area contributed by atoms with Crippen molar-refractivity contribution in [2.45, 2.75) is 19.4 Å². The van der Waals surface area contributed by atoms with Gasteiger partial charge < -0.3 is 25.2 Å². The molecule has 2 N–H and O–H groups in total. The van der Waals surface area contributed by atoms with Crippen LogP contribution in [-0.2, 0) is 11.3 Å². The Kier molecular flexibility index (Phi) is 10.4.